The lowest BCUT2D eigenvalue weighted by Crippen LogP contribution is -2.46. The minimum Gasteiger partial charge on any atom is -0.497 e. The zero-order valence-corrected chi connectivity index (χ0v) is 20.3. The molecule has 1 atom stereocenters. The lowest BCUT2D eigenvalue weighted by Gasteiger charge is -2.28. The Morgan fingerprint density at radius 1 is 1.18 bits per heavy atom. The van der Waals surface area contributed by atoms with E-state index < -0.39 is 6.10 Å². The number of nitrogens with one attached hydrogen (secondary N) is 1. The highest BCUT2D eigenvalue weighted by molar-refractivity contribution is 5.94. The van der Waals surface area contributed by atoms with Gasteiger partial charge in [0.15, 0.2) is 0 Å². The van der Waals surface area contributed by atoms with E-state index in [0.717, 1.165) is 44.5 Å². The van der Waals surface area contributed by atoms with E-state index in [-0.39, 0.29) is 18.1 Å². The molecular weight excluding hydrogens is 430 g/mol. The van der Waals surface area contributed by atoms with E-state index >= 15 is 0 Å². The van der Waals surface area contributed by atoms with Crippen molar-refractivity contribution >= 4 is 5.91 Å². The fraction of sp³-hybridized carbons (Fsp3) is 0.481. The van der Waals surface area contributed by atoms with E-state index in [1.807, 2.05) is 29.2 Å². The number of carbonyl (C=O) groups excluding carboxylic acids is 1. The molecule has 1 aliphatic rings. The Labute approximate surface area is 202 Å². The predicted molar refractivity (Wildman–Crippen MR) is 131 cm³/mol. The number of hydrogen-bond donors (Lipinski definition) is 2. The summed E-state index contributed by atoms with van der Waals surface area (Å²) in [4.78, 5) is 14.5. The predicted octanol–water partition coefficient (Wildman–Crippen LogP) is 3.54. The molecule has 0 radical (unpaired) electrons. The molecule has 0 aromatic heterocycles. The molecule has 1 aliphatic heterocycles. The van der Waals surface area contributed by atoms with Gasteiger partial charge in [-0.05, 0) is 75.4 Å². The number of aliphatic hydroxyl groups is 1. The largest absolute Gasteiger partial charge is 0.497 e. The Hall–Kier alpha value is -3.08. The Morgan fingerprint density at radius 3 is 2.53 bits per heavy atom. The number of piperidine rings is 1. The molecular formula is C27H35N3O4. The van der Waals surface area contributed by atoms with Crippen molar-refractivity contribution in [3.05, 3.63) is 59.2 Å². The molecule has 182 valence electrons. The molecule has 0 aliphatic carbocycles. The lowest BCUT2D eigenvalue weighted by atomic mass is 9.94. The van der Waals surface area contributed by atoms with Gasteiger partial charge in [-0.25, -0.2) is 0 Å². The third kappa shape index (κ3) is 7.21. The van der Waals surface area contributed by atoms with Crippen molar-refractivity contribution in [1.82, 2.24) is 10.2 Å². The molecule has 7 nitrogen and oxygen atoms in total. The molecule has 34 heavy (non-hydrogen) atoms. The second kappa shape index (κ2) is 11.9. The topological polar surface area (TPSA) is 94.8 Å². The molecule has 3 rings (SSSR count). The number of hydrogen-bond acceptors (Lipinski definition) is 6. The van der Waals surface area contributed by atoms with E-state index in [1.54, 1.807) is 25.3 Å². The molecule has 1 fully saturated rings. The third-order valence-corrected chi connectivity index (χ3v) is 6.04. The summed E-state index contributed by atoms with van der Waals surface area (Å²) < 4.78 is 10.9. The maximum atomic E-state index is 12.7. The molecule has 1 heterocycles. The Kier molecular flexibility index (Phi) is 8.91. The average molecular weight is 466 g/mol. The summed E-state index contributed by atoms with van der Waals surface area (Å²) >= 11 is 0. The number of carbonyl (C=O) groups is 1. The number of amides is 1. The molecule has 1 saturated heterocycles. The van der Waals surface area contributed by atoms with Crippen LogP contribution in [0.2, 0.25) is 0 Å². The normalized spacial score (nSPS) is 14.9. The number of nitrogens with zero attached hydrogens (tertiary/aromatic N) is 2. The highest BCUT2D eigenvalue weighted by Crippen LogP contribution is 2.22. The first-order valence-corrected chi connectivity index (χ1v) is 11.8. The first-order valence-electron chi connectivity index (χ1n) is 11.8. The van der Waals surface area contributed by atoms with Gasteiger partial charge in [-0.2, -0.15) is 5.26 Å². The molecule has 2 aromatic carbocycles. The van der Waals surface area contributed by atoms with Gasteiger partial charge in [0.2, 0.25) is 0 Å². The quantitative estimate of drug-likeness (QED) is 0.557. The van der Waals surface area contributed by atoms with Crippen LogP contribution in [0.4, 0.5) is 0 Å². The molecule has 0 spiro atoms. The summed E-state index contributed by atoms with van der Waals surface area (Å²) in [7, 11) is 1.65. The Morgan fingerprint density at radius 2 is 1.88 bits per heavy atom. The van der Waals surface area contributed by atoms with Gasteiger partial charge in [0.25, 0.3) is 5.91 Å². The maximum absolute atomic E-state index is 12.7. The van der Waals surface area contributed by atoms with E-state index in [0.29, 0.717) is 23.4 Å². The SMILES string of the molecule is COc1ccc(CC(C)(C)NC[C@@H](O)COc2ccc(C(=O)N3CCCCC3)cc2C#N)cc1. The van der Waals surface area contributed by atoms with Crippen molar-refractivity contribution in [3.63, 3.8) is 0 Å². The van der Waals surface area contributed by atoms with Crippen LogP contribution in [0, 0.1) is 11.3 Å². The zero-order valence-electron chi connectivity index (χ0n) is 20.3. The van der Waals surface area contributed by atoms with Crippen molar-refractivity contribution in [1.29, 1.82) is 5.26 Å². The third-order valence-electron chi connectivity index (χ3n) is 6.04. The van der Waals surface area contributed by atoms with Crippen molar-refractivity contribution in [2.45, 2.75) is 51.2 Å². The standard InChI is InChI=1S/C27H35N3O4/c1-27(2,16-20-7-10-24(33-3)11-8-20)29-18-23(31)19-34-25-12-9-21(15-22(25)17-28)26(32)30-13-5-4-6-14-30/h7-12,15,23,29,31H,4-6,13-14,16,18-19H2,1-3H3/t23-/m1/s1. The number of benzene rings is 2. The van der Waals surface area contributed by atoms with Crippen LogP contribution < -0.4 is 14.8 Å². The molecule has 1 amide bonds. The van der Waals surface area contributed by atoms with Gasteiger partial charge in [-0.3, -0.25) is 4.79 Å². The summed E-state index contributed by atoms with van der Waals surface area (Å²) in [6.07, 6.45) is 3.21. The summed E-state index contributed by atoms with van der Waals surface area (Å²) in [5.41, 5.74) is 1.72. The van der Waals surface area contributed by atoms with Crippen LogP contribution in [0.25, 0.3) is 0 Å². The van der Waals surface area contributed by atoms with Crippen LogP contribution >= 0.6 is 0 Å². The number of aliphatic hydroxyl groups excluding tert-OH is 1. The van der Waals surface area contributed by atoms with Crippen LogP contribution in [0.1, 0.15) is 54.6 Å². The van der Waals surface area contributed by atoms with Gasteiger partial charge in [0.1, 0.15) is 30.3 Å². The van der Waals surface area contributed by atoms with Gasteiger partial charge in [0, 0.05) is 30.7 Å². The van der Waals surface area contributed by atoms with E-state index in [4.69, 9.17) is 9.47 Å². The number of ether oxygens (including phenoxy) is 2. The summed E-state index contributed by atoms with van der Waals surface area (Å²) in [5, 5.41) is 23.4. The number of rotatable bonds is 10. The average Bonchev–Trinajstić information content (AvgIpc) is 2.86. The van der Waals surface area contributed by atoms with Gasteiger partial charge in [-0.15, -0.1) is 0 Å². The summed E-state index contributed by atoms with van der Waals surface area (Å²) in [6, 6.07) is 15.0. The molecule has 2 aromatic rings. The van der Waals surface area contributed by atoms with E-state index in [9.17, 15) is 15.2 Å². The summed E-state index contributed by atoms with van der Waals surface area (Å²) in [5.74, 6) is 1.14. The van der Waals surface area contributed by atoms with Crippen LogP contribution in [0.5, 0.6) is 11.5 Å². The fourth-order valence-corrected chi connectivity index (χ4v) is 4.11. The van der Waals surface area contributed by atoms with Crippen LogP contribution in [0.3, 0.4) is 0 Å². The molecule has 7 heteroatoms. The van der Waals surface area contributed by atoms with Crippen LogP contribution in [0.15, 0.2) is 42.5 Å². The van der Waals surface area contributed by atoms with Gasteiger partial charge >= 0.3 is 0 Å². The lowest BCUT2D eigenvalue weighted by molar-refractivity contribution is 0.0724. The minimum absolute atomic E-state index is 0.0414. The van der Waals surface area contributed by atoms with Crippen molar-refractivity contribution < 1.29 is 19.4 Å². The van der Waals surface area contributed by atoms with Crippen molar-refractivity contribution in [3.8, 4) is 17.6 Å². The molecule has 0 bridgehead atoms. The Balaban J connectivity index is 1.50. The van der Waals surface area contributed by atoms with Crippen molar-refractivity contribution in [2.24, 2.45) is 0 Å². The van der Waals surface area contributed by atoms with Crippen LogP contribution in [-0.2, 0) is 6.42 Å². The number of nitriles is 1. The highest BCUT2D eigenvalue weighted by atomic mass is 16.5. The van der Waals surface area contributed by atoms with Gasteiger partial charge < -0.3 is 24.8 Å². The number of methoxy groups -OCH3 is 1. The Bertz CT molecular complexity index is 992. The molecule has 2 N–H and O–H groups in total. The summed E-state index contributed by atoms with van der Waals surface area (Å²) in [6.45, 7) is 6.06. The molecule has 0 saturated carbocycles. The van der Waals surface area contributed by atoms with E-state index in [2.05, 4.69) is 25.2 Å². The van der Waals surface area contributed by atoms with Gasteiger partial charge in [0.05, 0.1) is 12.7 Å². The fourth-order valence-electron chi connectivity index (χ4n) is 4.11. The van der Waals surface area contributed by atoms with Gasteiger partial charge in [-0.1, -0.05) is 12.1 Å². The zero-order chi connectivity index (χ0) is 24.6. The maximum Gasteiger partial charge on any atom is 0.253 e. The van der Waals surface area contributed by atoms with Crippen molar-refractivity contribution in [2.75, 3.05) is 33.4 Å². The monoisotopic (exact) mass is 465 g/mol. The first kappa shape index (κ1) is 25.5. The van der Waals surface area contributed by atoms with E-state index in [1.165, 1.54) is 5.56 Å². The first-order chi connectivity index (χ1) is 16.3. The minimum atomic E-state index is -0.753. The smallest absolute Gasteiger partial charge is 0.253 e. The second-order valence-electron chi connectivity index (χ2n) is 9.43. The number of likely N-dealkylation sites (tertiary alicyclic amines) is 1. The second-order valence-corrected chi connectivity index (χ2v) is 9.43. The number of β-amino-alcohol motifs (C(OH)–C–C–N with tert-alkyl or cyclic N) is 1. The highest BCUT2D eigenvalue weighted by Gasteiger charge is 2.21. The molecule has 0 unspecified atom stereocenters. The van der Waals surface area contributed by atoms with Crippen LogP contribution in [-0.4, -0.2) is 60.9 Å².